The van der Waals surface area contributed by atoms with Crippen molar-refractivity contribution in [1.29, 1.82) is 0 Å². The Morgan fingerprint density at radius 2 is 1.88 bits per heavy atom. The molecule has 5 rings (SSSR count). The number of morpholine rings is 1. The van der Waals surface area contributed by atoms with Gasteiger partial charge < -0.3 is 14.5 Å². The Kier molecular flexibility index (Phi) is 3.98. The van der Waals surface area contributed by atoms with Crippen LogP contribution in [0.5, 0.6) is 0 Å². The van der Waals surface area contributed by atoms with E-state index in [0.29, 0.717) is 0 Å². The number of nitrogens with zero attached hydrogens (tertiary/aromatic N) is 5. The second kappa shape index (κ2) is 6.48. The number of aromatic nitrogens is 3. The van der Waals surface area contributed by atoms with Crippen LogP contribution in [0.3, 0.4) is 0 Å². The number of rotatable bonds is 3. The summed E-state index contributed by atoms with van der Waals surface area (Å²) in [5.74, 6) is 2.95. The molecular weight excluding hydrogens is 346 g/mol. The Bertz CT molecular complexity index is 946. The molecule has 5 heterocycles. The van der Waals surface area contributed by atoms with E-state index in [9.17, 15) is 0 Å². The molecule has 0 unspecified atom stereocenters. The first-order chi connectivity index (χ1) is 12.8. The van der Waals surface area contributed by atoms with Crippen LogP contribution in [-0.2, 0) is 4.74 Å². The lowest BCUT2D eigenvalue weighted by molar-refractivity contribution is 0.122. The highest BCUT2D eigenvalue weighted by Crippen LogP contribution is 2.38. The standard InChI is InChI=1S/C19H21N5OS/c1-13-21-18(24-5-2-6-24)15-12-16(26-19(15)22-13)14-3-4-20-17(11-14)23-7-9-25-10-8-23/h3-4,11-12H,2,5-10H2,1H3. The Morgan fingerprint density at radius 1 is 1.04 bits per heavy atom. The van der Waals surface area contributed by atoms with E-state index in [-0.39, 0.29) is 0 Å². The Hall–Kier alpha value is -2.25. The molecule has 2 saturated heterocycles. The molecule has 7 heteroatoms. The molecule has 0 radical (unpaired) electrons. The zero-order valence-electron chi connectivity index (χ0n) is 14.8. The van der Waals surface area contributed by atoms with Crippen LogP contribution in [0, 0.1) is 6.92 Å². The van der Waals surface area contributed by atoms with Crippen molar-refractivity contribution >= 4 is 33.2 Å². The second-order valence-electron chi connectivity index (χ2n) is 6.77. The third kappa shape index (κ3) is 2.81. The van der Waals surface area contributed by atoms with Crippen LogP contribution in [-0.4, -0.2) is 54.3 Å². The van der Waals surface area contributed by atoms with Crippen LogP contribution in [0.4, 0.5) is 11.6 Å². The number of pyridine rings is 1. The third-order valence-electron chi connectivity index (χ3n) is 5.01. The molecule has 0 N–H and O–H groups in total. The molecular formula is C19H21N5OS. The van der Waals surface area contributed by atoms with Gasteiger partial charge >= 0.3 is 0 Å². The van der Waals surface area contributed by atoms with Gasteiger partial charge in [0.2, 0.25) is 0 Å². The van der Waals surface area contributed by atoms with Crippen molar-refractivity contribution in [1.82, 2.24) is 15.0 Å². The summed E-state index contributed by atoms with van der Waals surface area (Å²) in [6, 6.07) is 6.50. The Balaban J connectivity index is 1.54. The van der Waals surface area contributed by atoms with Gasteiger partial charge in [0.05, 0.1) is 18.6 Å². The minimum absolute atomic E-state index is 0.767. The van der Waals surface area contributed by atoms with Crippen LogP contribution in [0.25, 0.3) is 20.7 Å². The summed E-state index contributed by atoms with van der Waals surface area (Å²) in [6.45, 7) is 7.48. The fraction of sp³-hybridized carbons (Fsp3) is 0.421. The molecule has 3 aromatic rings. The molecule has 0 spiro atoms. The van der Waals surface area contributed by atoms with E-state index in [4.69, 9.17) is 9.72 Å². The highest BCUT2D eigenvalue weighted by molar-refractivity contribution is 7.21. The molecule has 3 aromatic heterocycles. The average molecular weight is 367 g/mol. The lowest BCUT2D eigenvalue weighted by atomic mass is 10.1. The van der Waals surface area contributed by atoms with Crippen molar-refractivity contribution in [3.63, 3.8) is 0 Å². The van der Waals surface area contributed by atoms with E-state index < -0.39 is 0 Å². The molecule has 0 aromatic carbocycles. The number of anilines is 2. The lowest BCUT2D eigenvalue weighted by Crippen LogP contribution is -2.37. The topological polar surface area (TPSA) is 54.4 Å². The summed E-state index contributed by atoms with van der Waals surface area (Å²) in [5, 5.41) is 1.17. The van der Waals surface area contributed by atoms with Gasteiger partial charge in [-0.15, -0.1) is 11.3 Å². The molecule has 2 aliphatic heterocycles. The zero-order valence-corrected chi connectivity index (χ0v) is 15.6. The van der Waals surface area contributed by atoms with Gasteiger partial charge in [-0.05, 0) is 37.1 Å². The molecule has 0 saturated carbocycles. The van der Waals surface area contributed by atoms with E-state index >= 15 is 0 Å². The summed E-state index contributed by atoms with van der Waals surface area (Å²) >= 11 is 1.74. The van der Waals surface area contributed by atoms with Crippen LogP contribution in [0.15, 0.2) is 24.4 Å². The van der Waals surface area contributed by atoms with Gasteiger partial charge in [0.25, 0.3) is 0 Å². The quantitative estimate of drug-likeness (QED) is 0.709. The minimum Gasteiger partial charge on any atom is -0.378 e. The summed E-state index contributed by atoms with van der Waals surface area (Å²) in [7, 11) is 0. The van der Waals surface area contributed by atoms with Crippen molar-refractivity contribution in [3.05, 3.63) is 30.2 Å². The van der Waals surface area contributed by atoms with Gasteiger partial charge in [-0.2, -0.15) is 0 Å². The van der Waals surface area contributed by atoms with E-state index in [1.54, 1.807) is 11.3 Å². The van der Waals surface area contributed by atoms with Crippen molar-refractivity contribution in [2.75, 3.05) is 49.2 Å². The fourth-order valence-electron chi connectivity index (χ4n) is 3.46. The largest absolute Gasteiger partial charge is 0.378 e. The maximum Gasteiger partial charge on any atom is 0.141 e. The summed E-state index contributed by atoms with van der Waals surface area (Å²) in [6.07, 6.45) is 3.15. The smallest absolute Gasteiger partial charge is 0.141 e. The predicted octanol–water partition coefficient (Wildman–Crippen LogP) is 3.11. The van der Waals surface area contributed by atoms with Crippen LogP contribution in [0.1, 0.15) is 12.2 Å². The molecule has 0 aliphatic carbocycles. The first-order valence-electron chi connectivity index (χ1n) is 9.10. The normalized spacial score (nSPS) is 17.6. The molecule has 2 fully saturated rings. The monoisotopic (exact) mass is 367 g/mol. The van der Waals surface area contributed by atoms with E-state index in [0.717, 1.165) is 61.7 Å². The van der Waals surface area contributed by atoms with Crippen molar-refractivity contribution in [2.24, 2.45) is 0 Å². The molecule has 0 amide bonds. The average Bonchev–Trinajstić information content (AvgIpc) is 3.05. The first-order valence-corrected chi connectivity index (χ1v) is 9.92. The van der Waals surface area contributed by atoms with E-state index in [1.165, 1.54) is 22.2 Å². The molecule has 26 heavy (non-hydrogen) atoms. The number of ether oxygens (including phenoxy) is 1. The third-order valence-corrected chi connectivity index (χ3v) is 6.08. The van der Waals surface area contributed by atoms with Crippen molar-refractivity contribution in [2.45, 2.75) is 13.3 Å². The molecule has 2 aliphatic rings. The summed E-state index contributed by atoms with van der Waals surface area (Å²) < 4.78 is 5.45. The first kappa shape index (κ1) is 16.0. The van der Waals surface area contributed by atoms with Crippen molar-refractivity contribution in [3.8, 4) is 10.4 Å². The Labute approximate surface area is 156 Å². The highest BCUT2D eigenvalue weighted by atomic mass is 32.1. The molecule has 0 atom stereocenters. The molecule has 0 bridgehead atoms. The van der Waals surface area contributed by atoms with Crippen LogP contribution < -0.4 is 9.80 Å². The van der Waals surface area contributed by atoms with Gasteiger partial charge in [0, 0.05) is 37.3 Å². The van der Waals surface area contributed by atoms with Gasteiger partial charge in [0.15, 0.2) is 0 Å². The van der Waals surface area contributed by atoms with Gasteiger partial charge in [0.1, 0.15) is 22.3 Å². The maximum absolute atomic E-state index is 5.45. The van der Waals surface area contributed by atoms with Crippen LogP contribution >= 0.6 is 11.3 Å². The summed E-state index contributed by atoms with van der Waals surface area (Å²) in [5.41, 5.74) is 1.19. The SMILES string of the molecule is Cc1nc(N2CCC2)c2cc(-c3ccnc(N4CCOCC4)c3)sc2n1. The minimum atomic E-state index is 0.767. The Morgan fingerprint density at radius 3 is 2.65 bits per heavy atom. The van der Waals surface area contributed by atoms with E-state index in [2.05, 4.69) is 38.0 Å². The lowest BCUT2D eigenvalue weighted by Gasteiger charge is -2.32. The maximum atomic E-state index is 5.45. The number of hydrogen-bond acceptors (Lipinski definition) is 7. The van der Waals surface area contributed by atoms with Gasteiger partial charge in [-0.3, -0.25) is 0 Å². The predicted molar refractivity (Wildman–Crippen MR) is 105 cm³/mol. The van der Waals surface area contributed by atoms with Gasteiger partial charge in [-0.25, -0.2) is 15.0 Å². The van der Waals surface area contributed by atoms with E-state index in [1.807, 2.05) is 13.1 Å². The zero-order chi connectivity index (χ0) is 17.5. The fourth-order valence-corrected chi connectivity index (χ4v) is 4.53. The number of thiophene rings is 1. The van der Waals surface area contributed by atoms with Crippen molar-refractivity contribution < 1.29 is 4.74 Å². The molecule has 6 nitrogen and oxygen atoms in total. The second-order valence-corrected chi connectivity index (χ2v) is 7.80. The van der Waals surface area contributed by atoms with Crippen LogP contribution in [0.2, 0.25) is 0 Å². The van der Waals surface area contributed by atoms with Gasteiger partial charge in [-0.1, -0.05) is 0 Å². The molecule has 134 valence electrons. The number of fused-ring (bicyclic) bond motifs is 1. The number of aryl methyl sites for hydroxylation is 1. The summed E-state index contributed by atoms with van der Waals surface area (Å²) in [4.78, 5) is 20.9. The highest BCUT2D eigenvalue weighted by Gasteiger charge is 2.21. The number of hydrogen-bond donors (Lipinski definition) is 0.